The Kier molecular flexibility index (Phi) is 2.30. The van der Waals surface area contributed by atoms with Crippen LogP contribution in [0.2, 0.25) is 0 Å². The highest BCUT2D eigenvalue weighted by Gasteiger charge is 2.30. The number of nitrogens with zero attached hydrogens (tertiary/aromatic N) is 2. The van der Waals surface area contributed by atoms with Crippen LogP contribution in [0, 0.1) is 0 Å². The van der Waals surface area contributed by atoms with E-state index in [0.29, 0.717) is 16.7 Å². The normalized spacial score (nSPS) is 25.4. The molecule has 7 heteroatoms. The van der Waals surface area contributed by atoms with Gasteiger partial charge >= 0.3 is 0 Å². The number of anilines is 1. The van der Waals surface area contributed by atoms with Gasteiger partial charge in [-0.15, -0.1) is 0 Å². The minimum atomic E-state index is -2.88. The molecule has 0 bridgehead atoms. The Morgan fingerprint density at radius 2 is 2.36 bits per heavy atom. The van der Waals surface area contributed by atoms with Crippen molar-refractivity contribution in [1.82, 2.24) is 9.78 Å². The maximum Gasteiger partial charge on any atom is 0.152 e. The summed E-state index contributed by atoms with van der Waals surface area (Å²) in [6.45, 7) is 0. The topological polar surface area (TPSA) is 78.0 Å². The summed E-state index contributed by atoms with van der Waals surface area (Å²) < 4.78 is 24.8. The number of hydrogen-bond donors (Lipinski definition) is 1. The molecule has 14 heavy (non-hydrogen) atoms. The zero-order valence-electron chi connectivity index (χ0n) is 7.35. The van der Waals surface area contributed by atoms with Gasteiger partial charge in [0.05, 0.1) is 28.2 Å². The van der Waals surface area contributed by atoms with E-state index in [9.17, 15) is 8.42 Å². The summed E-state index contributed by atoms with van der Waals surface area (Å²) in [6.07, 6.45) is 2.18. The highest BCUT2D eigenvalue weighted by Crippen LogP contribution is 2.28. The zero-order valence-corrected chi connectivity index (χ0v) is 9.75. The van der Waals surface area contributed by atoms with Gasteiger partial charge in [-0.1, -0.05) is 0 Å². The summed E-state index contributed by atoms with van der Waals surface area (Å²) in [7, 11) is -2.88. The first-order chi connectivity index (χ1) is 6.49. The molecule has 0 aliphatic carbocycles. The third kappa shape index (κ3) is 1.66. The van der Waals surface area contributed by atoms with Gasteiger partial charge in [0, 0.05) is 0 Å². The van der Waals surface area contributed by atoms with Crippen LogP contribution in [0.5, 0.6) is 0 Å². The average molecular weight is 280 g/mol. The van der Waals surface area contributed by atoms with Gasteiger partial charge in [0.2, 0.25) is 0 Å². The number of hydrogen-bond acceptors (Lipinski definition) is 4. The van der Waals surface area contributed by atoms with Crippen molar-refractivity contribution in [1.29, 1.82) is 0 Å². The first-order valence-corrected chi connectivity index (χ1v) is 6.80. The average Bonchev–Trinajstić information content (AvgIpc) is 2.59. The molecule has 2 N–H and O–H groups in total. The van der Waals surface area contributed by atoms with E-state index >= 15 is 0 Å². The van der Waals surface area contributed by atoms with Crippen molar-refractivity contribution < 1.29 is 8.42 Å². The number of sulfone groups is 1. The molecule has 5 nitrogen and oxygen atoms in total. The van der Waals surface area contributed by atoms with E-state index in [2.05, 4.69) is 21.0 Å². The van der Waals surface area contributed by atoms with E-state index in [1.165, 1.54) is 0 Å². The molecule has 0 saturated carbocycles. The van der Waals surface area contributed by atoms with Crippen LogP contribution in [-0.2, 0) is 9.84 Å². The Hall–Kier alpha value is -0.560. The lowest BCUT2D eigenvalue weighted by molar-refractivity contribution is 0.507. The summed E-state index contributed by atoms with van der Waals surface area (Å²) in [6, 6.07) is -0.105. The Labute approximate surface area is 90.3 Å². The van der Waals surface area contributed by atoms with Crippen LogP contribution >= 0.6 is 15.9 Å². The van der Waals surface area contributed by atoms with Crippen LogP contribution in [0.25, 0.3) is 0 Å². The van der Waals surface area contributed by atoms with Crippen molar-refractivity contribution in [3.63, 3.8) is 0 Å². The highest BCUT2D eigenvalue weighted by molar-refractivity contribution is 9.10. The lowest BCUT2D eigenvalue weighted by Gasteiger charge is -2.09. The third-order valence-electron chi connectivity index (χ3n) is 2.34. The fraction of sp³-hybridized carbons (Fsp3) is 0.571. The second kappa shape index (κ2) is 3.23. The standard InChI is InChI=1S/C7H10BrN3O2S/c8-6-3-10-11(7(6)9)5-1-2-14(12,13)4-5/h3,5H,1-2,4,9H2. The fourth-order valence-corrected chi connectivity index (χ4v) is 3.58. The monoisotopic (exact) mass is 279 g/mol. The molecule has 1 fully saturated rings. The van der Waals surface area contributed by atoms with Crippen molar-refractivity contribution >= 4 is 31.6 Å². The van der Waals surface area contributed by atoms with Gasteiger partial charge in [0.1, 0.15) is 5.82 Å². The molecule has 1 aromatic heterocycles. The molecule has 0 spiro atoms. The summed E-state index contributed by atoms with van der Waals surface area (Å²) >= 11 is 3.23. The minimum Gasteiger partial charge on any atom is -0.383 e. The van der Waals surface area contributed by atoms with Crippen LogP contribution in [0.4, 0.5) is 5.82 Å². The second-order valence-electron chi connectivity index (χ2n) is 3.38. The zero-order chi connectivity index (χ0) is 10.3. The molecule has 1 aromatic rings. The van der Waals surface area contributed by atoms with Gasteiger partial charge in [0.15, 0.2) is 9.84 Å². The summed E-state index contributed by atoms with van der Waals surface area (Å²) in [5.74, 6) is 0.868. The van der Waals surface area contributed by atoms with E-state index in [1.54, 1.807) is 10.9 Å². The summed E-state index contributed by atoms with van der Waals surface area (Å²) in [5, 5.41) is 4.04. The quantitative estimate of drug-likeness (QED) is 0.816. The number of halogens is 1. The molecule has 78 valence electrons. The maximum atomic E-state index is 11.2. The molecule has 2 rings (SSSR count). The molecule has 1 atom stereocenters. The summed E-state index contributed by atoms with van der Waals surface area (Å²) in [5.41, 5.74) is 5.73. The van der Waals surface area contributed by atoms with Gasteiger partial charge in [-0.2, -0.15) is 5.10 Å². The predicted octanol–water partition coefficient (Wildman–Crippen LogP) is 0.587. The second-order valence-corrected chi connectivity index (χ2v) is 6.46. The molecule has 1 aliphatic rings. The number of nitrogens with two attached hydrogens (primary N) is 1. The van der Waals surface area contributed by atoms with Gasteiger partial charge in [-0.25, -0.2) is 13.1 Å². The molecule has 0 amide bonds. The van der Waals surface area contributed by atoms with Crippen LogP contribution < -0.4 is 5.73 Å². The number of nitrogen functional groups attached to an aromatic ring is 1. The molecule has 0 aromatic carbocycles. The number of rotatable bonds is 1. The van der Waals surface area contributed by atoms with Crippen molar-refractivity contribution in [3.8, 4) is 0 Å². The van der Waals surface area contributed by atoms with E-state index < -0.39 is 9.84 Å². The lowest BCUT2D eigenvalue weighted by atomic mass is 10.3. The highest BCUT2D eigenvalue weighted by atomic mass is 79.9. The molecule has 1 unspecified atom stereocenters. The van der Waals surface area contributed by atoms with E-state index in [1.807, 2.05) is 0 Å². The third-order valence-corrected chi connectivity index (χ3v) is 4.70. The predicted molar refractivity (Wildman–Crippen MR) is 56.6 cm³/mol. The SMILES string of the molecule is Nc1c(Br)cnn1C1CCS(=O)(=O)C1. The molecular formula is C7H10BrN3O2S. The van der Waals surface area contributed by atoms with Crippen LogP contribution in [0.3, 0.4) is 0 Å². The van der Waals surface area contributed by atoms with E-state index in [0.717, 1.165) is 0 Å². The Bertz CT molecular complexity index is 454. The first-order valence-electron chi connectivity index (χ1n) is 4.18. The molecule has 2 heterocycles. The minimum absolute atomic E-state index is 0.105. The Morgan fingerprint density at radius 1 is 1.64 bits per heavy atom. The van der Waals surface area contributed by atoms with Gasteiger partial charge in [-0.3, -0.25) is 0 Å². The van der Waals surface area contributed by atoms with Crippen molar-refractivity contribution in [2.45, 2.75) is 12.5 Å². The Balaban J connectivity index is 2.30. The van der Waals surface area contributed by atoms with Crippen LogP contribution in [0.1, 0.15) is 12.5 Å². The Morgan fingerprint density at radius 3 is 2.79 bits per heavy atom. The van der Waals surface area contributed by atoms with E-state index in [-0.39, 0.29) is 17.5 Å². The summed E-state index contributed by atoms with van der Waals surface area (Å²) in [4.78, 5) is 0. The van der Waals surface area contributed by atoms with Crippen molar-refractivity contribution in [3.05, 3.63) is 10.7 Å². The largest absolute Gasteiger partial charge is 0.383 e. The maximum absolute atomic E-state index is 11.2. The molecular weight excluding hydrogens is 270 g/mol. The smallest absolute Gasteiger partial charge is 0.152 e. The van der Waals surface area contributed by atoms with E-state index in [4.69, 9.17) is 5.73 Å². The fourth-order valence-electron chi connectivity index (χ4n) is 1.61. The molecule has 0 radical (unpaired) electrons. The molecule has 1 saturated heterocycles. The van der Waals surface area contributed by atoms with Crippen LogP contribution in [-0.4, -0.2) is 29.7 Å². The first kappa shape index (κ1) is 9.97. The number of aromatic nitrogens is 2. The van der Waals surface area contributed by atoms with Crippen molar-refractivity contribution in [2.24, 2.45) is 0 Å². The van der Waals surface area contributed by atoms with Crippen LogP contribution in [0.15, 0.2) is 10.7 Å². The van der Waals surface area contributed by atoms with Gasteiger partial charge in [0.25, 0.3) is 0 Å². The lowest BCUT2D eigenvalue weighted by Crippen LogP contribution is -2.14. The molecule has 1 aliphatic heterocycles. The van der Waals surface area contributed by atoms with Gasteiger partial charge in [-0.05, 0) is 22.4 Å². The van der Waals surface area contributed by atoms with Gasteiger partial charge < -0.3 is 5.73 Å². The van der Waals surface area contributed by atoms with Crippen molar-refractivity contribution in [2.75, 3.05) is 17.2 Å².